The Hall–Kier alpha value is -3.48. The Bertz CT molecular complexity index is 888. The van der Waals surface area contributed by atoms with Crippen molar-refractivity contribution in [3.63, 3.8) is 0 Å². The molecule has 28 heavy (non-hydrogen) atoms. The van der Waals surface area contributed by atoms with Crippen LogP contribution >= 0.6 is 0 Å². The van der Waals surface area contributed by atoms with E-state index in [-0.39, 0.29) is 17.9 Å². The number of nitrogens with one attached hydrogen (secondary N) is 1. The van der Waals surface area contributed by atoms with Crippen LogP contribution in [0.5, 0.6) is 11.5 Å². The topological polar surface area (TPSA) is 87.5 Å². The van der Waals surface area contributed by atoms with Gasteiger partial charge in [-0.15, -0.1) is 0 Å². The Morgan fingerprint density at radius 2 is 1.82 bits per heavy atom. The SMILES string of the molecule is COc1cc(NC(=O)CN(C)c2nc(C(F)(F)F)ccc2C#N)cc(OC)c1. The van der Waals surface area contributed by atoms with Crippen molar-refractivity contribution in [2.45, 2.75) is 6.18 Å². The Kier molecular flexibility index (Phi) is 6.30. The molecule has 0 saturated heterocycles. The van der Waals surface area contributed by atoms with E-state index in [1.165, 1.54) is 26.2 Å². The van der Waals surface area contributed by atoms with Crippen LogP contribution in [-0.2, 0) is 11.0 Å². The monoisotopic (exact) mass is 394 g/mol. The number of aromatic nitrogens is 1. The van der Waals surface area contributed by atoms with E-state index in [1.807, 2.05) is 0 Å². The number of rotatable bonds is 6. The first-order chi connectivity index (χ1) is 13.2. The summed E-state index contributed by atoms with van der Waals surface area (Å²) in [5.74, 6) is 0.139. The smallest absolute Gasteiger partial charge is 0.433 e. The van der Waals surface area contributed by atoms with Crippen LogP contribution in [0.4, 0.5) is 24.7 Å². The fourth-order valence-electron chi connectivity index (χ4n) is 2.35. The number of hydrogen-bond donors (Lipinski definition) is 1. The lowest BCUT2D eigenvalue weighted by Gasteiger charge is -2.20. The van der Waals surface area contributed by atoms with Gasteiger partial charge in [-0.2, -0.15) is 18.4 Å². The average Bonchev–Trinajstić information content (AvgIpc) is 2.66. The number of benzene rings is 1. The summed E-state index contributed by atoms with van der Waals surface area (Å²) in [6.07, 6.45) is -4.66. The molecular weight excluding hydrogens is 377 g/mol. The first-order valence-electron chi connectivity index (χ1n) is 7.90. The third-order valence-corrected chi connectivity index (χ3v) is 3.66. The molecule has 10 heteroatoms. The number of likely N-dealkylation sites (N-methyl/N-ethyl adjacent to an activating group) is 1. The average molecular weight is 394 g/mol. The normalized spacial score (nSPS) is 10.8. The maximum Gasteiger partial charge on any atom is 0.433 e. The van der Waals surface area contributed by atoms with Crippen LogP contribution in [0, 0.1) is 11.3 Å². The summed E-state index contributed by atoms with van der Waals surface area (Å²) in [5, 5.41) is 11.7. The van der Waals surface area contributed by atoms with Gasteiger partial charge in [0.15, 0.2) is 0 Å². The molecule has 7 nitrogen and oxygen atoms in total. The van der Waals surface area contributed by atoms with E-state index in [0.717, 1.165) is 12.1 Å². The Balaban J connectivity index is 2.20. The molecule has 0 bridgehead atoms. The molecule has 1 heterocycles. The van der Waals surface area contributed by atoms with E-state index < -0.39 is 17.8 Å². The molecule has 0 unspecified atom stereocenters. The number of carbonyl (C=O) groups excluding carboxylic acids is 1. The van der Waals surface area contributed by atoms with Gasteiger partial charge in [-0.25, -0.2) is 4.98 Å². The van der Waals surface area contributed by atoms with Gasteiger partial charge in [0, 0.05) is 30.9 Å². The number of methoxy groups -OCH3 is 2. The molecule has 0 aliphatic carbocycles. The molecule has 0 spiro atoms. The van der Waals surface area contributed by atoms with Gasteiger partial charge < -0.3 is 19.7 Å². The fourth-order valence-corrected chi connectivity index (χ4v) is 2.35. The van der Waals surface area contributed by atoms with Gasteiger partial charge in [0.1, 0.15) is 29.1 Å². The standard InChI is InChI=1S/C18H17F3N4O3/c1-25(17-11(9-22)4-5-15(24-17)18(19,20)21)10-16(26)23-12-6-13(27-2)8-14(7-12)28-3/h4-8H,10H2,1-3H3,(H,23,26). The van der Waals surface area contributed by atoms with Gasteiger partial charge in [0.05, 0.1) is 26.3 Å². The molecule has 1 amide bonds. The second kappa shape index (κ2) is 8.47. The number of amides is 1. The highest BCUT2D eigenvalue weighted by Gasteiger charge is 2.33. The number of pyridine rings is 1. The van der Waals surface area contributed by atoms with Crippen LogP contribution in [0.3, 0.4) is 0 Å². The molecule has 0 aliphatic rings. The zero-order valence-electron chi connectivity index (χ0n) is 15.3. The lowest BCUT2D eigenvalue weighted by atomic mass is 10.2. The summed E-state index contributed by atoms with van der Waals surface area (Å²) in [4.78, 5) is 17.0. The quantitative estimate of drug-likeness (QED) is 0.810. The highest BCUT2D eigenvalue weighted by Crippen LogP contribution is 2.30. The molecule has 148 valence electrons. The summed E-state index contributed by atoms with van der Waals surface area (Å²) in [7, 11) is 4.28. The molecular formula is C18H17F3N4O3. The van der Waals surface area contributed by atoms with E-state index in [1.54, 1.807) is 24.3 Å². The molecule has 2 aromatic rings. The van der Waals surface area contributed by atoms with Crippen molar-refractivity contribution < 1.29 is 27.4 Å². The lowest BCUT2D eigenvalue weighted by Crippen LogP contribution is -2.31. The minimum absolute atomic E-state index is 0.0775. The van der Waals surface area contributed by atoms with E-state index in [9.17, 15) is 18.0 Å². The van der Waals surface area contributed by atoms with Crippen LogP contribution in [0.25, 0.3) is 0 Å². The Labute approximate surface area is 159 Å². The molecule has 0 aliphatic heterocycles. The van der Waals surface area contributed by atoms with Crippen molar-refractivity contribution in [1.29, 1.82) is 5.26 Å². The first kappa shape index (κ1) is 20.8. The number of alkyl halides is 3. The summed E-state index contributed by atoms with van der Waals surface area (Å²) < 4.78 is 48.9. The van der Waals surface area contributed by atoms with Gasteiger partial charge in [-0.05, 0) is 12.1 Å². The zero-order chi connectivity index (χ0) is 20.9. The predicted octanol–water partition coefficient (Wildman–Crippen LogP) is 3.06. The zero-order valence-corrected chi connectivity index (χ0v) is 15.3. The van der Waals surface area contributed by atoms with Gasteiger partial charge in [0.25, 0.3) is 0 Å². The van der Waals surface area contributed by atoms with Crippen molar-refractivity contribution in [3.05, 3.63) is 41.6 Å². The van der Waals surface area contributed by atoms with Crippen molar-refractivity contribution in [3.8, 4) is 17.6 Å². The number of ether oxygens (including phenoxy) is 2. The number of nitrogens with zero attached hydrogens (tertiary/aromatic N) is 3. The van der Waals surface area contributed by atoms with Crippen molar-refractivity contribution in [1.82, 2.24) is 4.98 Å². The maximum absolute atomic E-state index is 12.9. The number of hydrogen-bond acceptors (Lipinski definition) is 6. The van der Waals surface area contributed by atoms with Crippen LogP contribution in [0.1, 0.15) is 11.3 Å². The first-order valence-corrected chi connectivity index (χ1v) is 7.90. The predicted molar refractivity (Wildman–Crippen MR) is 95.4 cm³/mol. The van der Waals surface area contributed by atoms with Gasteiger partial charge in [-0.3, -0.25) is 4.79 Å². The number of carbonyl (C=O) groups is 1. The number of anilines is 2. The summed E-state index contributed by atoms with van der Waals surface area (Å²) in [6, 6.07) is 8.25. The summed E-state index contributed by atoms with van der Waals surface area (Å²) in [5.41, 5.74) is -0.843. The highest BCUT2D eigenvalue weighted by atomic mass is 19.4. The molecule has 1 aromatic carbocycles. The van der Waals surface area contributed by atoms with E-state index in [2.05, 4.69) is 10.3 Å². The molecule has 0 fully saturated rings. The summed E-state index contributed by atoms with van der Waals surface area (Å²) >= 11 is 0. The van der Waals surface area contributed by atoms with Crippen LogP contribution in [0.15, 0.2) is 30.3 Å². The van der Waals surface area contributed by atoms with E-state index in [0.29, 0.717) is 17.2 Å². The largest absolute Gasteiger partial charge is 0.497 e. The van der Waals surface area contributed by atoms with E-state index in [4.69, 9.17) is 14.7 Å². The third-order valence-electron chi connectivity index (χ3n) is 3.66. The number of halogens is 3. The van der Waals surface area contributed by atoms with Gasteiger partial charge >= 0.3 is 6.18 Å². The molecule has 1 N–H and O–H groups in total. The van der Waals surface area contributed by atoms with Crippen LogP contribution in [-0.4, -0.2) is 38.7 Å². The molecule has 0 saturated carbocycles. The Morgan fingerprint density at radius 3 is 2.32 bits per heavy atom. The lowest BCUT2D eigenvalue weighted by molar-refractivity contribution is -0.141. The minimum atomic E-state index is -4.66. The second-order valence-corrected chi connectivity index (χ2v) is 5.68. The van der Waals surface area contributed by atoms with Crippen molar-refractivity contribution >= 4 is 17.4 Å². The van der Waals surface area contributed by atoms with Gasteiger partial charge in [0.2, 0.25) is 5.91 Å². The minimum Gasteiger partial charge on any atom is -0.497 e. The Morgan fingerprint density at radius 1 is 1.21 bits per heavy atom. The maximum atomic E-state index is 12.9. The van der Waals surface area contributed by atoms with E-state index >= 15 is 0 Å². The highest BCUT2D eigenvalue weighted by molar-refractivity contribution is 5.94. The summed E-state index contributed by atoms with van der Waals surface area (Å²) in [6.45, 7) is -0.331. The molecule has 2 rings (SSSR count). The van der Waals surface area contributed by atoms with Crippen molar-refractivity contribution in [2.24, 2.45) is 0 Å². The van der Waals surface area contributed by atoms with Crippen LogP contribution in [0.2, 0.25) is 0 Å². The third kappa shape index (κ3) is 5.03. The fraction of sp³-hybridized carbons (Fsp3) is 0.278. The molecule has 0 atom stereocenters. The second-order valence-electron chi connectivity index (χ2n) is 5.68. The van der Waals surface area contributed by atoms with Gasteiger partial charge in [-0.1, -0.05) is 0 Å². The number of nitriles is 1. The van der Waals surface area contributed by atoms with Crippen molar-refractivity contribution in [2.75, 3.05) is 38.0 Å². The molecule has 1 aromatic heterocycles. The molecule has 0 radical (unpaired) electrons. The van der Waals surface area contributed by atoms with Crippen LogP contribution < -0.4 is 19.7 Å².